The van der Waals surface area contributed by atoms with Crippen molar-refractivity contribution in [2.24, 2.45) is 17.5 Å². The van der Waals surface area contributed by atoms with Crippen LogP contribution in [-0.2, 0) is 0 Å². The predicted octanol–water partition coefficient (Wildman–Crippen LogP) is 1.11. The monoisotopic (exact) mass is 148 g/mol. The second-order valence-corrected chi connectivity index (χ2v) is 2.68. The van der Waals surface area contributed by atoms with E-state index in [0.717, 1.165) is 12.5 Å². The zero-order valence-electron chi connectivity index (χ0n) is 7.01. The van der Waals surface area contributed by atoms with E-state index in [0.29, 0.717) is 0 Å². The molecule has 10 heavy (non-hydrogen) atoms. The van der Waals surface area contributed by atoms with Gasteiger partial charge in [0, 0.05) is 0 Å². The molecule has 0 spiro atoms. The molecule has 0 aromatic carbocycles. The summed E-state index contributed by atoms with van der Waals surface area (Å²) in [5, 5.41) is 6.50. The summed E-state index contributed by atoms with van der Waals surface area (Å²) in [6, 6.07) is 0. The third-order valence-corrected chi connectivity index (χ3v) is 1.24. The lowest BCUT2D eigenvalue weighted by Crippen LogP contribution is -1.98. The van der Waals surface area contributed by atoms with Crippen molar-refractivity contribution in [2.75, 3.05) is 6.54 Å². The van der Waals surface area contributed by atoms with Gasteiger partial charge in [-0.05, 0) is 18.9 Å². The van der Waals surface area contributed by atoms with Crippen LogP contribution in [0.4, 0.5) is 0 Å². The molecule has 0 aromatic rings. The van der Waals surface area contributed by atoms with E-state index in [9.17, 15) is 0 Å². The molecule has 3 nitrogen and oxygen atoms in total. The molecule has 0 bridgehead atoms. The van der Waals surface area contributed by atoms with Crippen LogP contribution in [0.1, 0.15) is 33.1 Å². The van der Waals surface area contributed by atoms with Gasteiger partial charge >= 0.3 is 0 Å². The summed E-state index contributed by atoms with van der Waals surface area (Å²) in [7, 11) is 0. The van der Waals surface area contributed by atoms with Crippen LogP contribution in [0.2, 0.25) is 0 Å². The summed E-state index contributed by atoms with van der Waals surface area (Å²) in [6.07, 6.45) is 3.82. The predicted molar refractivity (Wildman–Crippen MR) is 43.7 cm³/mol. The maximum Gasteiger partial charge on any atom is -0.00773 e. The van der Waals surface area contributed by atoms with Gasteiger partial charge in [0.1, 0.15) is 0 Å². The van der Waals surface area contributed by atoms with Gasteiger partial charge in [0.15, 0.2) is 0 Å². The molecule has 64 valence electrons. The lowest BCUT2D eigenvalue weighted by molar-refractivity contribution is 0.311. The van der Waals surface area contributed by atoms with E-state index in [1.54, 1.807) is 0 Å². The summed E-state index contributed by atoms with van der Waals surface area (Å²) >= 11 is 0. The van der Waals surface area contributed by atoms with Crippen molar-refractivity contribution in [3.8, 4) is 0 Å². The Hall–Kier alpha value is -0.120. The highest BCUT2D eigenvalue weighted by molar-refractivity contribution is 4.45. The largest absolute Gasteiger partial charge is 0.330 e. The van der Waals surface area contributed by atoms with Crippen LogP contribution in [0.5, 0.6) is 0 Å². The van der Waals surface area contributed by atoms with Gasteiger partial charge in [0.05, 0.1) is 0 Å². The average Bonchev–Trinajstić information content (AvgIpc) is 1.92. The van der Waals surface area contributed by atoms with Gasteiger partial charge in [-0.3, -0.25) is 0 Å². The first-order valence-corrected chi connectivity index (χ1v) is 3.73. The van der Waals surface area contributed by atoms with Crippen molar-refractivity contribution in [1.29, 1.82) is 0 Å². The standard InChI is InChI=1S/C7H17N.H3NO/c1-7(2)5-3-4-6-8;1-2/h7H,3-6,8H2,1-2H3;2H,1H2. The van der Waals surface area contributed by atoms with Gasteiger partial charge in [-0.1, -0.05) is 26.7 Å². The van der Waals surface area contributed by atoms with Crippen molar-refractivity contribution >= 4 is 0 Å². The van der Waals surface area contributed by atoms with Crippen molar-refractivity contribution in [1.82, 2.24) is 0 Å². The van der Waals surface area contributed by atoms with Gasteiger partial charge in [-0.15, -0.1) is 0 Å². The average molecular weight is 148 g/mol. The van der Waals surface area contributed by atoms with E-state index in [1.165, 1.54) is 19.3 Å². The number of hydrogen-bond donors (Lipinski definition) is 3. The topological polar surface area (TPSA) is 72.3 Å². The van der Waals surface area contributed by atoms with Crippen LogP contribution < -0.4 is 11.6 Å². The van der Waals surface area contributed by atoms with Crippen LogP contribution in [0.3, 0.4) is 0 Å². The quantitative estimate of drug-likeness (QED) is 0.413. The van der Waals surface area contributed by atoms with Crippen LogP contribution in [0, 0.1) is 5.92 Å². The van der Waals surface area contributed by atoms with Gasteiger partial charge in [0.25, 0.3) is 0 Å². The molecule has 0 radical (unpaired) electrons. The molecule has 5 N–H and O–H groups in total. The third-order valence-electron chi connectivity index (χ3n) is 1.24. The van der Waals surface area contributed by atoms with Crippen LogP contribution in [0.15, 0.2) is 0 Å². The molecule has 0 atom stereocenters. The number of hydrogen-bond acceptors (Lipinski definition) is 3. The zero-order chi connectivity index (χ0) is 8.41. The van der Waals surface area contributed by atoms with Crippen LogP contribution >= 0.6 is 0 Å². The fourth-order valence-electron chi connectivity index (χ4n) is 0.697. The Morgan fingerprint density at radius 1 is 1.20 bits per heavy atom. The Morgan fingerprint density at radius 2 is 1.70 bits per heavy atom. The molecule has 0 saturated heterocycles. The van der Waals surface area contributed by atoms with E-state index in [1.807, 2.05) is 0 Å². The first kappa shape index (κ1) is 12.5. The lowest BCUT2D eigenvalue weighted by atomic mass is 10.1. The third kappa shape index (κ3) is 15.7. The molecule has 3 heteroatoms. The first-order valence-electron chi connectivity index (χ1n) is 3.73. The zero-order valence-corrected chi connectivity index (χ0v) is 7.01. The molecule has 0 saturated carbocycles. The molecular weight excluding hydrogens is 128 g/mol. The molecule has 0 amide bonds. The van der Waals surface area contributed by atoms with Gasteiger partial charge < -0.3 is 10.9 Å². The van der Waals surface area contributed by atoms with E-state index in [-0.39, 0.29) is 0 Å². The maximum absolute atomic E-state index is 6.50. The highest BCUT2D eigenvalue weighted by Crippen LogP contribution is 2.04. The van der Waals surface area contributed by atoms with Crippen LogP contribution in [-0.4, -0.2) is 11.8 Å². The highest BCUT2D eigenvalue weighted by Gasteiger charge is 1.90. The second kappa shape index (κ2) is 11.6. The Bertz CT molecular complexity index is 48.9. The minimum Gasteiger partial charge on any atom is -0.330 e. The number of rotatable bonds is 4. The Balaban J connectivity index is 0. The molecule has 0 aliphatic rings. The lowest BCUT2D eigenvalue weighted by Gasteiger charge is -2.00. The van der Waals surface area contributed by atoms with Gasteiger partial charge in [-0.25, -0.2) is 5.90 Å². The van der Waals surface area contributed by atoms with E-state index < -0.39 is 0 Å². The Kier molecular flexibility index (Phi) is 14.6. The van der Waals surface area contributed by atoms with Crippen molar-refractivity contribution < 1.29 is 5.21 Å². The highest BCUT2D eigenvalue weighted by atomic mass is 16.4. The smallest absolute Gasteiger partial charge is 0.00773 e. The molecule has 0 unspecified atom stereocenters. The summed E-state index contributed by atoms with van der Waals surface area (Å²) in [5.74, 6) is 4.35. The Labute approximate surface area is 63.4 Å². The summed E-state index contributed by atoms with van der Waals surface area (Å²) in [6.45, 7) is 5.35. The first-order chi connectivity index (χ1) is 4.77. The molecule has 0 heterocycles. The van der Waals surface area contributed by atoms with Gasteiger partial charge in [-0.2, -0.15) is 0 Å². The molecule has 0 fully saturated rings. The van der Waals surface area contributed by atoms with Crippen molar-refractivity contribution in [3.63, 3.8) is 0 Å². The van der Waals surface area contributed by atoms with Crippen molar-refractivity contribution in [3.05, 3.63) is 0 Å². The van der Waals surface area contributed by atoms with Crippen LogP contribution in [0.25, 0.3) is 0 Å². The summed E-state index contributed by atoms with van der Waals surface area (Å²) < 4.78 is 0. The number of nitrogens with two attached hydrogens (primary N) is 2. The minimum atomic E-state index is 0.849. The van der Waals surface area contributed by atoms with Gasteiger partial charge in [0.2, 0.25) is 0 Å². The number of unbranched alkanes of at least 4 members (excludes halogenated alkanes) is 1. The normalized spacial score (nSPS) is 9.00. The Morgan fingerprint density at radius 3 is 2.00 bits per heavy atom. The fraction of sp³-hybridized carbons (Fsp3) is 1.00. The van der Waals surface area contributed by atoms with E-state index in [2.05, 4.69) is 19.7 Å². The molecule has 0 aliphatic carbocycles. The van der Waals surface area contributed by atoms with E-state index in [4.69, 9.17) is 10.9 Å². The SMILES string of the molecule is CC(C)CCCCN.NO. The van der Waals surface area contributed by atoms with Crippen molar-refractivity contribution in [2.45, 2.75) is 33.1 Å². The second-order valence-electron chi connectivity index (χ2n) is 2.68. The molecule has 0 rings (SSSR count). The maximum atomic E-state index is 6.50. The molecular formula is C7H20N2O. The summed E-state index contributed by atoms with van der Waals surface area (Å²) in [5.41, 5.74) is 5.31. The summed E-state index contributed by atoms with van der Waals surface area (Å²) in [4.78, 5) is 0. The fourth-order valence-corrected chi connectivity index (χ4v) is 0.697. The van der Waals surface area contributed by atoms with E-state index >= 15 is 0 Å². The minimum absolute atomic E-state index is 0.849. The molecule has 0 aromatic heterocycles. The molecule has 0 aliphatic heterocycles.